The van der Waals surface area contributed by atoms with Crippen molar-refractivity contribution in [3.63, 3.8) is 0 Å². The fourth-order valence-corrected chi connectivity index (χ4v) is 5.24. The number of carbonyl (C=O) groups is 1. The number of likely N-dealkylation sites (tertiary alicyclic amines) is 1. The normalized spacial score (nSPS) is 17.1. The lowest BCUT2D eigenvalue weighted by molar-refractivity contribution is 0.122. The molecule has 3 N–H and O–H groups in total. The van der Waals surface area contributed by atoms with Crippen LogP contribution in [-0.2, 0) is 11.3 Å². The van der Waals surface area contributed by atoms with Gasteiger partial charge >= 0.3 is 6.03 Å². The van der Waals surface area contributed by atoms with Crippen molar-refractivity contribution in [3.05, 3.63) is 60.6 Å². The summed E-state index contributed by atoms with van der Waals surface area (Å²) in [5, 5.41) is 8.39. The smallest absolute Gasteiger partial charge is 0.316 e. The van der Waals surface area contributed by atoms with Crippen LogP contribution in [0.5, 0.6) is 0 Å². The summed E-state index contributed by atoms with van der Waals surface area (Å²) in [5.74, 6) is 1.51. The topological polar surface area (TPSA) is 127 Å². The van der Waals surface area contributed by atoms with Gasteiger partial charge in [-0.3, -0.25) is 9.88 Å². The van der Waals surface area contributed by atoms with Gasteiger partial charge < -0.3 is 20.7 Å². The first-order valence-corrected chi connectivity index (χ1v) is 13.0. The largest absolute Gasteiger partial charge is 0.378 e. The minimum Gasteiger partial charge on any atom is -0.378 e. The number of urea groups is 1. The van der Waals surface area contributed by atoms with Crippen LogP contribution in [-0.4, -0.2) is 75.1 Å². The number of nitrogens with one attached hydrogen (secondary N) is 1. The number of morpholine rings is 1. The minimum absolute atomic E-state index is 0.264. The lowest BCUT2D eigenvalue weighted by Gasteiger charge is -2.32. The Morgan fingerprint density at radius 3 is 2.53 bits per heavy atom. The lowest BCUT2D eigenvalue weighted by atomic mass is 10.0. The van der Waals surface area contributed by atoms with Gasteiger partial charge in [0.15, 0.2) is 11.5 Å². The first kappa shape index (κ1) is 24.3. The molecule has 0 aliphatic carbocycles. The van der Waals surface area contributed by atoms with Crippen molar-refractivity contribution in [2.45, 2.75) is 25.4 Å². The predicted octanol–water partition coefficient (Wildman–Crippen LogP) is 3.05. The molecule has 2 saturated heterocycles. The summed E-state index contributed by atoms with van der Waals surface area (Å²) < 4.78 is 7.68. The van der Waals surface area contributed by atoms with E-state index in [0.717, 1.165) is 68.0 Å². The van der Waals surface area contributed by atoms with Gasteiger partial charge in [-0.05, 0) is 48.7 Å². The highest BCUT2D eigenvalue weighted by Gasteiger charge is 2.26. The molecule has 11 nitrogen and oxygen atoms in total. The molecule has 6 rings (SSSR count). The molecule has 5 heterocycles. The number of primary amides is 1. The van der Waals surface area contributed by atoms with Crippen molar-refractivity contribution in [2.75, 3.05) is 49.6 Å². The number of anilines is 2. The molecule has 0 bridgehead atoms. The molecule has 4 aromatic rings. The molecule has 0 atom stereocenters. The van der Waals surface area contributed by atoms with E-state index in [1.54, 1.807) is 12.1 Å². The van der Waals surface area contributed by atoms with Gasteiger partial charge in [0, 0.05) is 56.4 Å². The Bertz CT molecular complexity index is 1390. The van der Waals surface area contributed by atoms with Gasteiger partial charge in [0.25, 0.3) is 0 Å². The van der Waals surface area contributed by atoms with Crippen LogP contribution in [0.1, 0.15) is 24.4 Å². The average molecular weight is 514 g/mol. The molecule has 2 aliphatic rings. The van der Waals surface area contributed by atoms with Crippen LogP contribution in [0, 0.1) is 0 Å². The number of pyridine rings is 1. The molecule has 0 unspecified atom stereocenters. The number of ether oxygens (including phenoxy) is 1. The van der Waals surface area contributed by atoms with Crippen LogP contribution in [0.3, 0.4) is 0 Å². The highest BCUT2D eigenvalue weighted by molar-refractivity contribution is 5.90. The van der Waals surface area contributed by atoms with Crippen molar-refractivity contribution >= 4 is 28.6 Å². The van der Waals surface area contributed by atoms with E-state index in [1.807, 2.05) is 36.8 Å². The number of hydrogen-bond donors (Lipinski definition) is 2. The number of piperidine rings is 1. The van der Waals surface area contributed by atoms with Crippen LogP contribution in [0.4, 0.5) is 16.3 Å². The Morgan fingerprint density at radius 1 is 1.03 bits per heavy atom. The van der Waals surface area contributed by atoms with Crippen molar-refractivity contribution in [3.8, 4) is 11.4 Å². The molecular weight excluding hydrogens is 482 g/mol. The maximum absolute atomic E-state index is 11.2. The molecule has 0 saturated carbocycles. The third kappa shape index (κ3) is 5.15. The summed E-state index contributed by atoms with van der Waals surface area (Å²) >= 11 is 0. The first-order valence-electron chi connectivity index (χ1n) is 13.0. The number of fused-ring (bicyclic) bond motifs is 1. The number of nitrogens with zero attached hydrogens (tertiary/aromatic N) is 7. The Balaban J connectivity index is 1.30. The highest BCUT2D eigenvalue weighted by Crippen LogP contribution is 2.32. The van der Waals surface area contributed by atoms with Crippen molar-refractivity contribution < 1.29 is 9.53 Å². The summed E-state index contributed by atoms with van der Waals surface area (Å²) in [6.07, 6.45) is 7.65. The van der Waals surface area contributed by atoms with Gasteiger partial charge in [-0.1, -0.05) is 6.07 Å². The first-order chi connectivity index (χ1) is 18.6. The maximum atomic E-state index is 11.2. The van der Waals surface area contributed by atoms with E-state index < -0.39 is 6.03 Å². The van der Waals surface area contributed by atoms with E-state index in [0.29, 0.717) is 24.7 Å². The van der Waals surface area contributed by atoms with Crippen LogP contribution in [0.25, 0.3) is 22.4 Å². The predicted molar refractivity (Wildman–Crippen MR) is 145 cm³/mol. The lowest BCUT2D eigenvalue weighted by Crippen LogP contribution is -2.37. The SMILES string of the molecule is NC(=O)Nc1ccc(-c2nc(N3CCOCC3)c3cnn(C4CCN(Cc5cccnc5)CC4)c3n2)cc1. The van der Waals surface area contributed by atoms with Gasteiger partial charge in [0.05, 0.1) is 30.8 Å². The molecule has 38 heavy (non-hydrogen) atoms. The van der Waals surface area contributed by atoms with Crippen molar-refractivity contribution in [2.24, 2.45) is 5.73 Å². The third-order valence-corrected chi connectivity index (χ3v) is 7.19. The van der Waals surface area contributed by atoms with Crippen LogP contribution >= 0.6 is 0 Å². The second-order valence-corrected chi connectivity index (χ2v) is 9.73. The molecule has 0 spiro atoms. The monoisotopic (exact) mass is 513 g/mol. The Kier molecular flexibility index (Phi) is 6.84. The summed E-state index contributed by atoms with van der Waals surface area (Å²) in [5.41, 5.74) is 8.82. The molecule has 11 heteroatoms. The summed E-state index contributed by atoms with van der Waals surface area (Å²) in [4.78, 5) is 30.2. The molecule has 196 valence electrons. The van der Waals surface area contributed by atoms with E-state index in [1.165, 1.54) is 5.56 Å². The molecular formula is C27H31N9O2. The zero-order valence-electron chi connectivity index (χ0n) is 21.2. The van der Waals surface area contributed by atoms with E-state index in [-0.39, 0.29) is 6.04 Å². The van der Waals surface area contributed by atoms with Gasteiger partial charge in [0.1, 0.15) is 5.82 Å². The number of benzene rings is 1. The van der Waals surface area contributed by atoms with Gasteiger partial charge in [-0.2, -0.15) is 5.10 Å². The molecule has 1 aromatic carbocycles. The summed E-state index contributed by atoms with van der Waals surface area (Å²) in [6.45, 7) is 5.76. The fourth-order valence-electron chi connectivity index (χ4n) is 5.24. The van der Waals surface area contributed by atoms with Crippen LogP contribution in [0.15, 0.2) is 55.0 Å². The van der Waals surface area contributed by atoms with Gasteiger partial charge in [-0.25, -0.2) is 19.4 Å². The molecule has 2 fully saturated rings. The van der Waals surface area contributed by atoms with Crippen LogP contribution in [0.2, 0.25) is 0 Å². The second kappa shape index (κ2) is 10.7. The van der Waals surface area contributed by atoms with Crippen LogP contribution < -0.4 is 16.0 Å². The van der Waals surface area contributed by atoms with E-state index in [9.17, 15) is 4.79 Å². The van der Waals surface area contributed by atoms with Crippen molar-refractivity contribution in [1.82, 2.24) is 29.6 Å². The Hall–Kier alpha value is -4.09. The number of hydrogen-bond acceptors (Lipinski definition) is 8. The average Bonchev–Trinajstić information content (AvgIpc) is 3.38. The molecule has 2 aliphatic heterocycles. The number of amides is 2. The van der Waals surface area contributed by atoms with E-state index in [4.69, 9.17) is 25.5 Å². The standard InChI is InChI=1S/C27H31N9O2/c28-27(37)31-21-5-3-20(4-6-21)24-32-25(35-12-14-38-15-13-35)23-17-30-36(26(23)33-24)22-7-10-34(11-8-22)18-19-2-1-9-29-16-19/h1-6,9,16-17,22H,7-8,10-15,18H2,(H3,28,31,37). The zero-order chi connectivity index (χ0) is 25.9. The summed E-state index contributed by atoms with van der Waals surface area (Å²) in [6, 6.07) is 11.2. The van der Waals surface area contributed by atoms with Gasteiger partial charge in [-0.15, -0.1) is 0 Å². The Morgan fingerprint density at radius 2 is 1.82 bits per heavy atom. The highest BCUT2D eigenvalue weighted by atomic mass is 16.5. The fraction of sp³-hybridized carbons (Fsp3) is 0.370. The zero-order valence-corrected chi connectivity index (χ0v) is 21.2. The van der Waals surface area contributed by atoms with E-state index >= 15 is 0 Å². The molecule has 0 radical (unpaired) electrons. The number of nitrogens with two attached hydrogens (primary N) is 1. The van der Waals surface area contributed by atoms with E-state index in [2.05, 4.69) is 30.8 Å². The second-order valence-electron chi connectivity index (χ2n) is 9.73. The number of carbonyl (C=O) groups excluding carboxylic acids is 1. The maximum Gasteiger partial charge on any atom is 0.316 e. The minimum atomic E-state index is -0.597. The Labute approximate surface area is 220 Å². The quantitative estimate of drug-likeness (QED) is 0.403. The summed E-state index contributed by atoms with van der Waals surface area (Å²) in [7, 11) is 0. The molecule has 2 amide bonds. The molecule has 3 aromatic heterocycles. The number of aromatic nitrogens is 5. The number of rotatable bonds is 6. The van der Waals surface area contributed by atoms with Gasteiger partial charge in [0.2, 0.25) is 0 Å². The van der Waals surface area contributed by atoms with Crippen molar-refractivity contribution in [1.29, 1.82) is 0 Å². The third-order valence-electron chi connectivity index (χ3n) is 7.19.